The van der Waals surface area contributed by atoms with Gasteiger partial charge in [0.1, 0.15) is 5.75 Å². The molecule has 0 amide bonds. The van der Waals surface area contributed by atoms with Crippen LogP contribution in [0.2, 0.25) is 0 Å². The molecule has 1 aliphatic carbocycles. The van der Waals surface area contributed by atoms with Crippen molar-refractivity contribution < 1.29 is 19.4 Å². The number of hydrogen-bond acceptors (Lipinski definition) is 4. The quantitative estimate of drug-likeness (QED) is 0.495. The number of carbonyl (C=O) groups excluding carboxylic acids is 1. The highest BCUT2D eigenvalue weighted by molar-refractivity contribution is 5.95. The second kappa shape index (κ2) is 6.33. The minimum atomic E-state index is -0.932. The number of aromatic carboxylic acids is 1. The van der Waals surface area contributed by atoms with Crippen LogP contribution in [0.4, 0.5) is 5.69 Å². The van der Waals surface area contributed by atoms with E-state index in [1.165, 1.54) is 6.92 Å². The van der Waals surface area contributed by atoms with Crippen molar-refractivity contribution in [2.24, 2.45) is 5.92 Å². The van der Waals surface area contributed by atoms with Crippen LogP contribution in [0.25, 0.3) is 0 Å². The third-order valence-electron chi connectivity index (χ3n) is 5.13. The Labute approximate surface area is 151 Å². The van der Waals surface area contributed by atoms with Crippen LogP contribution in [-0.2, 0) is 4.79 Å². The molecule has 0 unspecified atom stereocenters. The number of fused-ring (bicyclic) bond motifs is 3. The molecule has 2 aromatic carbocycles. The van der Waals surface area contributed by atoms with Gasteiger partial charge in [0.05, 0.1) is 17.3 Å². The van der Waals surface area contributed by atoms with Crippen molar-refractivity contribution in [2.45, 2.75) is 25.3 Å². The van der Waals surface area contributed by atoms with Crippen LogP contribution in [0.15, 0.2) is 54.6 Å². The number of nitrogens with one attached hydrogen (secondary N) is 1. The molecule has 132 valence electrons. The number of ether oxygens (including phenoxy) is 1. The number of para-hydroxylation sites is 1. The highest BCUT2D eigenvalue weighted by atomic mass is 16.5. The molecule has 2 N–H and O–H groups in total. The van der Waals surface area contributed by atoms with Crippen LogP contribution in [0.3, 0.4) is 0 Å². The Morgan fingerprint density at radius 3 is 2.62 bits per heavy atom. The normalized spacial score (nSPS) is 22.9. The number of allylic oxidation sites excluding steroid dienone is 2. The van der Waals surface area contributed by atoms with E-state index in [1.807, 2.05) is 18.2 Å². The largest absolute Gasteiger partial charge is 0.478 e. The molecular weight excluding hydrogens is 330 g/mol. The molecule has 3 atom stereocenters. The summed E-state index contributed by atoms with van der Waals surface area (Å²) in [6.07, 6.45) is 5.28. The molecule has 1 aliphatic heterocycles. The van der Waals surface area contributed by atoms with Gasteiger partial charge < -0.3 is 15.2 Å². The Hall–Kier alpha value is -3.08. The van der Waals surface area contributed by atoms with Gasteiger partial charge in [-0.05, 0) is 41.7 Å². The maximum atomic E-state index is 11.6. The number of benzene rings is 2. The lowest BCUT2D eigenvalue weighted by Gasteiger charge is -2.38. The maximum Gasteiger partial charge on any atom is 0.337 e. The summed E-state index contributed by atoms with van der Waals surface area (Å²) >= 11 is 0. The number of carbonyl (C=O) groups is 2. The Morgan fingerprint density at radius 2 is 1.92 bits per heavy atom. The van der Waals surface area contributed by atoms with E-state index in [4.69, 9.17) is 4.74 Å². The van der Waals surface area contributed by atoms with Crippen LogP contribution in [0, 0.1) is 5.92 Å². The number of carboxylic acid groups (broad SMARTS) is 1. The van der Waals surface area contributed by atoms with E-state index in [-0.39, 0.29) is 17.9 Å². The molecule has 1 heterocycles. The van der Waals surface area contributed by atoms with E-state index in [2.05, 4.69) is 17.5 Å². The molecule has 0 bridgehead atoms. The summed E-state index contributed by atoms with van der Waals surface area (Å²) in [5.41, 5.74) is 3.08. The Balaban J connectivity index is 1.72. The minimum absolute atomic E-state index is 0.00521. The topological polar surface area (TPSA) is 75.6 Å². The van der Waals surface area contributed by atoms with E-state index < -0.39 is 5.97 Å². The van der Waals surface area contributed by atoms with Gasteiger partial charge in [-0.3, -0.25) is 4.79 Å². The third kappa shape index (κ3) is 2.75. The minimum Gasteiger partial charge on any atom is -0.478 e. The standard InChI is InChI=1S/C21H19NO4/c1-12(23)26-14-10-8-13(9-11-14)19-16-5-2-4-15(16)17-6-3-7-18(21(24)25)20(17)22-19/h2-4,6-11,15-16,19,22H,5H2,1H3,(H,24,25)/t15-,16+,19+/m0/s1. The zero-order valence-electron chi connectivity index (χ0n) is 14.3. The maximum absolute atomic E-state index is 11.6. The van der Waals surface area contributed by atoms with Crippen LogP contribution < -0.4 is 10.1 Å². The molecule has 0 spiro atoms. The van der Waals surface area contributed by atoms with E-state index in [0.717, 1.165) is 17.5 Å². The number of rotatable bonds is 3. The predicted molar refractivity (Wildman–Crippen MR) is 97.5 cm³/mol. The van der Waals surface area contributed by atoms with Crippen molar-refractivity contribution in [2.75, 3.05) is 5.32 Å². The van der Waals surface area contributed by atoms with Crippen molar-refractivity contribution in [1.82, 2.24) is 0 Å². The zero-order chi connectivity index (χ0) is 18.3. The molecule has 4 rings (SSSR count). The molecule has 2 aliphatic rings. The first-order valence-corrected chi connectivity index (χ1v) is 8.62. The fraction of sp³-hybridized carbons (Fsp3) is 0.238. The average molecular weight is 349 g/mol. The first-order chi connectivity index (χ1) is 12.5. The van der Waals surface area contributed by atoms with Gasteiger partial charge in [0.2, 0.25) is 0 Å². The number of hydrogen-bond donors (Lipinski definition) is 2. The van der Waals surface area contributed by atoms with E-state index in [0.29, 0.717) is 22.9 Å². The molecule has 5 nitrogen and oxygen atoms in total. The highest BCUT2D eigenvalue weighted by Gasteiger charge is 2.39. The summed E-state index contributed by atoms with van der Waals surface area (Å²) in [5.74, 6) is -0.257. The molecule has 0 saturated carbocycles. The van der Waals surface area contributed by atoms with Crippen molar-refractivity contribution >= 4 is 17.6 Å². The fourth-order valence-corrected chi connectivity index (χ4v) is 4.04. The fourth-order valence-electron chi connectivity index (χ4n) is 4.04. The molecule has 5 heteroatoms. The average Bonchev–Trinajstić information content (AvgIpc) is 3.10. The SMILES string of the molecule is CC(=O)Oc1ccc([C@H]2Nc3c(C(=O)O)cccc3[C@H]3C=CC[C@H]32)cc1. The van der Waals surface area contributed by atoms with Gasteiger partial charge in [0.15, 0.2) is 0 Å². The van der Waals surface area contributed by atoms with Gasteiger partial charge in [-0.2, -0.15) is 0 Å². The summed E-state index contributed by atoms with van der Waals surface area (Å²) < 4.78 is 5.10. The Morgan fingerprint density at radius 1 is 1.15 bits per heavy atom. The van der Waals surface area contributed by atoms with E-state index >= 15 is 0 Å². The van der Waals surface area contributed by atoms with Gasteiger partial charge in [-0.25, -0.2) is 4.79 Å². The lowest BCUT2D eigenvalue weighted by atomic mass is 9.76. The number of esters is 1. The van der Waals surface area contributed by atoms with Crippen molar-refractivity contribution in [3.05, 3.63) is 71.3 Å². The Bertz CT molecular complexity index is 901. The second-order valence-electron chi connectivity index (χ2n) is 6.71. The smallest absolute Gasteiger partial charge is 0.337 e. The molecule has 0 saturated heterocycles. The molecule has 26 heavy (non-hydrogen) atoms. The highest BCUT2D eigenvalue weighted by Crippen LogP contribution is 2.50. The molecule has 0 fully saturated rings. The zero-order valence-corrected chi connectivity index (χ0v) is 14.3. The van der Waals surface area contributed by atoms with Crippen LogP contribution in [-0.4, -0.2) is 17.0 Å². The second-order valence-corrected chi connectivity index (χ2v) is 6.71. The Kier molecular flexibility index (Phi) is 3.99. The lowest BCUT2D eigenvalue weighted by Crippen LogP contribution is -2.30. The lowest BCUT2D eigenvalue weighted by molar-refractivity contribution is -0.131. The van der Waals surface area contributed by atoms with Crippen molar-refractivity contribution in [3.63, 3.8) is 0 Å². The van der Waals surface area contributed by atoms with Crippen LogP contribution >= 0.6 is 0 Å². The third-order valence-corrected chi connectivity index (χ3v) is 5.13. The van der Waals surface area contributed by atoms with Gasteiger partial charge in [-0.15, -0.1) is 0 Å². The van der Waals surface area contributed by atoms with Crippen molar-refractivity contribution in [3.8, 4) is 5.75 Å². The van der Waals surface area contributed by atoms with Crippen LogP contribution in [0.5, 0.6) is 5.75 Å². The first kappa shape index (κ1) is 16.4. The van der Waals surface area contributed by atoms with Gasteiger partial charge in [-0.1, -0.05) is 36.4 Å². The van der Waals surface area contributed by atoms with E-state index in [9.17, 15) is 14.7 Å². The summed E-state index contributed by atoms with van der Waals surface area (Å²) in [5, 5.41) is 13.0. The van der Waals surface area contributed by atoms with Crippen LogP contribution in [0.1, 0.15) is 46.8 Å². The predicted octanol–water partition coefficient (Wildman–Crippen LogP) is 4.14. The van der Waals surface area contributed by atoms with Gasteiger partial charge in [0.25, 0.3) is 0 Å². The summed E-state index contributed by atoms with van der Waals surface area (Å²) in [6, 6.07) is 12.8. The van der Waals surface area contributed by atoms with E-state index in [1.54, 1.807) is 24.3 Å². The first-order valence-electron chi connectivity index (χ1n) is 8.62. The van der Waals surface area contributed by atoms with Crippen molar-refractivity contribution in [1.29, 1.82) is 0 Å². The summed E-state index contributed by atoms with van der Waals surface area (Å²) in [4.78, 5) is 22.7. The molecule has 0 aromatic heterocycles. The molecule has 0 radical (unpaired) electrons. The molecular formula is C21H19NO4. The molecule has 2 aromatic rings. The number of anilines is 1. The monoisotopic (exact) mass is 349 g/mol. The summed E-state index contributed by atoms with van der Waals surface area (Å²) in [7, 11) is 0. The summed E-state index contributed by atoms with van der Waals surface area (Å²) in [6.45, 7) is 1.37. The number of carboxylic acids is 1. The van der Waals surface area contributed by atoms with Gasteiger partial charge in [0, 0.05) is 12.8 Å². The van der Waals surface area contributed by atoms with Gasteiger partial charge >= 0.3 is 11.9 Å².